The summed E-state index contributed by atoms with van der Waals surface area (Å²) in [5.74, 6) is -0.301. The number of ether oxygens (including phenoxy) is 1. The number of rotatable bonds is 3. The van der Waals surface area contributed by atoms with Crippen molar-refractivity contribution in [3.63, 3.8) is 0 Å². The fourth-order valence-electron chi connectivity index (χ4n) is 2.95. The first-order valence-electron chi connectivity index (χ1n) is 7.74. The molecule has 4 aromatic rings. The standard InChI is InChI=1S/C19H14ClN3O2/c1-25-17(24)10-14-11-22-23-8-6-13(9-16(14)23)18-15(20)5-4-12-3-2-7-21-19(12)18/h2-9,11H,10H2,1H3. The molecule has 0 radical (unpaired) electrons. The quantitative estimate of drug-likeness (QED) is 0.525. The van der Waals surface area contributed by atoms with Gasteiger partial charge in [-0.15, -0.1) is 0 Å². The summed E-state index contributed by atoms with van der Waals surface area (Å²) in [7, 11) is 1.38. The maximum Gasteiger partial charge on any atom is 0.310 e. The Morgan fingerprint density at radius 3 is 3.00 bits per heavy atom. The van der Waals surface area contributed by atoms with E-state index in [-0.39, 0.29) is 12.4 Å². The third-order valence-electron chi connectivity index (χ3n) is 4.18. The topological polar surface area (TPSA) is 56.5 Å². The van der Waals surface area contributed by atoms with Crippen LogP contribution in [0.2, 0.25) is 5.02 Å². The first-order valence-corrected chi connectivity index (χ1v) is 8.12. The van der Waals surface area contributed by atoms with Gasteiger partial charge in [0.2, 0.25) is 0 Å². The van der Waals surface area contributed by atoms with E-state index in [1.807, 2.05) is 42.6 Å². The predicted molar refractivity (Wildman–Crippen MR) is 96.7 cm³/mol. The molecular formula is C19H14ClN3O2. The molecule has 5 nitrogen and oxygen atoms in total. The van der Waals surface area contributed by atoms with Crippen molar-refractivity contribution in [1.82, 2.24) is 14.6 Å². The Bertz CT molecular complexity index is 1100. The highest BCUT2D eigenvalue weighted by atomic mass is 35.5. The molecule has 0 saturated heterocycles. The lowest BCUT2D eigenvalue weighted by molar-refractivity contribution is -0.139. The van der Waals surface area contributed by atoms with Crippen molar-refractivity contribution in [2.75, 3.05) is 7.11 Å². The molecule has 0 spiro atoms. The smallest absolute Gasteiger partial charge is 0.310 e. The Hall–Kier alpha value is -2.92. The molecule has 0 fully saturated rings. The number of nitrogens with zero attached hydrogens (tertiary/aromatic N) is 3. The maximum atomic E-state index is 11.6. The van der Waals surface area contributed by atoms with Crippen LogP contribution in [0, 0.1) is 0 Å². The van der Waals surface area contributed by atoms with Gasteiger partial charge in [0.1, 0.15) is 0 Å². The second-order valence-corrected chi connectivity index (χ2v) is 6.07. The third kappa shape index (κ3) is 2.72. The van der Waals surface area contributed by atoms with Crippen LogP contribution in [0.15, 0.2) is 55.0 Å². The van der Waals surface area contributed by atoms with Gasteiger partial charge in [0.25, 0.3) is 0 Å². The molecule has 6 heteroatoms. The lowest BCUT2D eigenvalue weighted by atomic mass is 10.0. The number of benzene rings is 1. The maximum absolute atomic E-state index is 11.6. The zero-order valence-electron chi connectivity index (χ0n) is 13.4. The molecular weight excluding hydrogens is 338 g/mol. The molecule has 0 atom stereocenters. The fraction of sp³-hybridized carbons (Fsp3) is 0.105. The van der Waals surface area contributed by atoms with Crippen LogP contribution in [0.5, 0.6) is 0 Å². The average Bonchev–Trinajstić information content (AvgIpc) is 3.03. The van der Waals surface area contributed by atoms with Gasteiger partial charge in [-0.1, -0.05) is 23.7 Å². The van der Waals surface area contributed by atoms with Crippen LogP contribution in [0.1, 0.15) is 5.56 Å². The van der Waals surface area contributed by atoms with E-state index >= 15 is 0 Å². The molecule has 0 aliphatic rings. The van der Waals surface area contributed by atoms with Crippen LogP contribution in [-0.2, 0) is 16.0 Å². The molecule has 0 aliphatic carbocycles. The minimum absolute atomic E-state index is 0.172. The van der Waals surface area contributed by atoms with Gasteiger partial charge in [-0.2, -0.15) is 5.10 Å². The zero-order chi connectivity index (χ0) is 17.4. The van der Waals surface area contributed by atoms with E-state index in [0.717, 1.165) is 33.1 Å². The largest absolute Gasteiger partial charge is 0.469 e. The number of hydrogen-bond donors (Lipinski definition) is 0. The van der Waals surface area contributed by atoms with E-state index in [2.05, 4.69) is 10.1 Å². The van der Waals surface area contributed by atoms with Crippen LogP contribution in [0.25, 0.3) is 27.5 Å². The molecule has 0 amide bonds. The van der Waals surface area contributed by atoms with E-state index in [1.165, 1.54) is 7.11 Å². The summed E-state index contributed by atoms with van der Waals surface area (Å²) in [5, 5.41) is 5.93. The first-order chi connectivity index (χ1) is 12.2. The van der Waals surface area contributed by atoms with Gasteiger partial charge in [-0.25, -0.2) is 4.52 Å². The molecule has 0 saturated carbocycles. The predicted octanol–water partition coefficient (Wildman–Crippen LogP) is 3.92. The molecule has 0 aliphatic heterocycles. The molecule has 1 aromatic carbocycles. The number of esters is 1. The minimum Gasteiger partial charge on any atom is -0.469 e. The highest BCUT2D eigenvalue weighted by Gasteiger charge is 2.14. The number of fused-ring (bicyclic) bond motifs is 2. The summed E-state index contributed by atoms with van der Waals surface area (Å²) in [6.45, 7) is 0. The van der Waals surface area contributed by atoms with Gasteiger partial charge < -0.3 is 4.74 Å². The summed E-state index contributed by atoms with van der Waals surface area (Å²) in [6, 6.07) is 11.6. The van der Waals surface area contributed by atoms with Crippen LogP contribution in [0.4, 0.5) is 0 Å². The Labute approximate surface area is 148 Å². The third-order valence-corrected chi connectivity index (χ3v) is 4.49. The van der Waals surface area contributed by atoms with E-state index in [9.17, 15) is 4.79 Å². The summed E-state index contributed by atoms with van der Waals surface area (Å²) in [5.41, 5.74) is 4.28. The summed E-state index contributed by atoms with van der Waals surface area (Å²) >= 11 is 6.47. The van der Waals surface area contributed by atoms with Crippen molar-refractivity contribution in [1.29, 1.82) is 0 Å². The van der Waals surface area contributed by atoms with Crippen LogP contribution < -0.4 is 0 Å². The summed E-state index contributed by atoms with van der Waals surface area (Å²) in [6.07, 6.45) is 5.45. The Morgan fingerprint density at radius 1 is 1.28 bits per heavy atom. The van der Waals surface area contributed by atoms with Gasteiger partial charge in [0, 0.05) is 28.9 Å². The molecule has 25 heavy (non-hydrogen) atoms. The number of halogens is 1. The van der Waals surface area contributed by atoms with Crippen LogP contribution in [-0.4, -0.2) is 27.7 Å². The van der Waals surface area contributed by atoms with Gasteiger partial charge in [-0.3, -0.25) is 9.78 Å². The molecule has 0 N–H and O–H groups in total. The van der Waals surface area contributed by atoms with Crippen molar-refractivity contribution in [3.8, 4) is 11.1 Å². The number of carbonyl (C=O) groups is 1. The SMILES string of the molecule is COC(=O)Cc1cnn2ccc(-c3c(Cl)ccc4cccnc34)cc12. The number of hydrogen-bond acceptors (Lipinski definition) is 4. The molecule has 0 unspecified atom stereocenters. The molecule has 0 bridgehead atoms. The second kappa shape index (κ2) is 6.18. The number of carbonyl (C=O) groups excluding carboxylic acids is 1. The Kier molecular flexibility index (Phi) is 3.86. The van der Waals surface area contributed by atoms with Gasteiger partial charge in [0.15, 0.2) is 0 Å². The van der Waals surface area contributed by atoms with Crippen molar-refractivity contribution < 1.29 is 9.53 Å². The van der Waals surface area contributed by atoms with Gasteiger partial charge >= 0.3 is 5.97 Å². The van der Waals surface area contributed by atoms with Gasteiger partial charge in [0.05, 0.1) is 35.8 Å². The van der Waals surface area contributed by atoms with E-state index < -0.39 is 0 Å². The van der Waals surface area contributed by atoms with E-state index in [4.69, 9.17) is 16.3 Å². The van der Waals surface area contributed by atoms with Crippen LogP contribution in [0.3, 0.4) is 0 Å². The van der Waals surface area contributed by atoms with E-state index in [0.29, 0.717) is 5.02 Å². The van der Waals surface area contributed by atoms with Crippen molar-refractivity contribution in [2.45, 2.75) is 6.42 Å². The molecule has 4 rings (SSSR count). The molecule has 3 heterocycles. The number of aromatic nitrogens is 3. The first kappa shape index (κ1) is 15.6. The highest BCUT2D eigenvalue weighted by molar-refractivity contribution is 6.35. The van der Waals surface area contributed by atoms with Crippen LogP contribution >= 0.6 is 11.6 Å². The van der Waals surface area contributed by atoms with E-state index in [1.54, 1.807) is 16.9 Å². The highest BCUT2D eigenvalue weighted by Crippen LogP contribution is 2.34. The fourth-order valence-corrected chi connectivity index (χ4v) is 3.21. The monoisotopic (exact) mass is 351 g/mol. The minimum atomic E-state index is -0.301. The van der Waals surface area contributed by atoms with Crippen molar-refractivity contribution in [2.24, 2.45) is 0 Å². The molecule has 3 aromatic heterocycles. The summed E-state index contributed by atoms with van der Waals surface area (Å²) < 4.78 is 6.49. The lowest BCUT2D eigenvalue weighted by Gasteiger charge is -2.09. The second-order valence-electron chi connectivity index (χ2n) is 5.67. The number of methoxy groups -OCH3 is 1. The Balaban J connectivity index is 1.92. The Morgan fingerprint density at radius 2 is 2.16 bits per heavy atom. The molecule has 124 valence electrons. The lowest BCUT2D eigenvalue weighted by Crippen LogP contribution is -2.04. The number of pyridine rings is 2. The summed E-state index contributed by atoms with van der Waals surface area (Å²) in [4.78, 5) is 16.1. The van der Waals surface area contributed by atoms with Crippen molar-refractivity contribution >= 4 is 34.0 Å². The van der Waals surface area contributed by atoms with Gasteiger partial charge in [-0.05, 0) is 29.8 Å². The zero-order valence-corrected chi connectivity index (χ0v) is 14.2. The van der Waals surface area contributed by atoms with Crippen molar-refractivity contribution in [3.05, 3.63) is 65.6 Å². The average molecular weight is 352 g/mol. The normalized spacial score (nSPS) is 11.1.